The van der Waals surface area contributed by atoms with E-state index < -0.39 is 0 Å². The Morgan fingerprint density at radius 1 is 0.657 bits per heavy atom. The Labute approximate surface area is 220 Å². The fourth-order valence-corrected chi connectivity index (χ4v) is 4.49. The summed E-state index contributed by atoms with van der Waals surface area (Å²) in [6.07, 6.45) is 19.5. The highest BCUT2D eigenvalue weighted by Gasteiger charge is 2.02. The zero-order valence-corrected chi connectivity index (χ0v) is 23.2. The van der Waals surface area contributed by atoms with E-state index >= 15 is 0 Å². The molecule has 0 bridgehead atoms. The first kappa shape index (κ1) is 29.4. The minimum absolute atomic E-state index is 0.788. The van der Waals surface area contributed by atoms with Gasteiger partial charge in [-0.05, 0) is 79.8 Å². The number of ether oxygens (including phenoxy) is 1. The van der Waals surface area contributed by atoms with Crippen molar-refractivity contribution in [1.82, 2.24) is 0 Å². The smallest absolute Gasteiger partial charge is 0.122 e. The first-order chi connectivity index (χ1) is 17.2. The first-order valence-corrected chi connectivity index (χ1v) is 14.7. The molecule has 0 aromatic heterocycles. The van der Waals surface area contributed by atoms with E-state index in [4.69, 9.17) is 4.74 Å². The van der Waals surface area contributed by atoms with Crippen molar-refractivity contribution in [3.8, 4) is 5.75 Å². The Morgan fingerprint density at radius 2 is 1.23 bits per heavy atom. The second-order valence-electron chi connectivity index (χ2n) is 9.73. The van der Waals surface area contributed by atoms with Gasteiger partial charge in [-0.15, -0.1) is 0 Å². The standard InChI is InChI=1S/C31H48N2OS/c1-3-4-5-14-17-28-18-20-29(21-19-28)32-33-30-22-23-31(27(2)26-30)34-24-15-12-10-8-6-7-9-11-13-16-25-35/h18-23,26,35H,3-17,24-25H2,1-2H3. The van der Waals surface area contributed by atoms with Crippen LogP contribution < -0.4 is 4.74 Å². The van der Waals surface area contributed by atoms with E-state index in [0.29, 0.717) is 0 Å². The normalized spacial score (nSPS) is 11.4. The quantitative estimate of drug-likeness (QED) is 0.110. The Bertz CT molecular complexity index is 819. The molecule has 2 rings (SSSR count). The van der Waals surface area contributed by atoms with Gasteiger partial charge < -0.3 is 4.74 Å². The third kappa shape index (κ3) is 13.8. The van der Waals surface area contributed by atoms with Gasteiger partial charge in [-0.25, -0.2) is 0 Å². The molecule has 0 heterocycles. The predicted octanol–water partition coefficient (Wildman–Crippen LogP) is 10.7. The van der Waals surface area contributed by atoms with Crippen LogP contribution in [0.5, 0.6) is 5.75 Å². The van der Waals surface area contributed by atoms with Crippen LogP contribution in [0, 0.1) is 6.92 Å². The second kappa shape index (κ2) is 19.4. The summed E-state index contributed by atoms with van der Waals surface area (Å²) in [5.41, 5.74) is 4.26. The third-order valence-electron chi connectivity index (χ3n) is 6.50. The first-order valence-electron chi connectivity index (χ1n) is 14.1. The van der Waals surface area contributed by atoms with Gasteiger partial charge >= 0.3 is 0 Å². The minimum Gasteiger partial charge on any atom is -0.493 e. The van der Waals surface area contributed by atoms with Crippen LogP contribution in [-0.4, -0.2) is 12.4 Å². The van der Waals surface area contributed by atoms with Crippen molar-refractivity contribution in [3.05, 3.63) is 53.6 Å². The number of nitrogens with zero attached hydrogens (tertiary/aromatic N) is 2. The van der Waals surface area contributed by atoms with Gasteiger partial charge in [0.25, 0.3) is 0 Å². The minimum atomic E-state index is 0.788. The maximum Gasteiger partial charge on any atom is 0.122 e. The molecular formula is C31H48N2OS. The van der Waals surface area contributed by atoms with Crippen LogP contribution in [0.15, 0.2) is 52.7 Å². The maximum absolute atomic E-state index is 6.02. The lowest BCUT2D eigenvalue weighted by molar-refractivity contribution is 0.302. The van der Waals surface area contributed by atoms with Crippen molar-refractivity contribution in [2.24, 2.45) is 10.2 Å². The van der Waals surface area contributed by atoms with Crippen LogP contribution >= 0.6 is 12.6 Å². The summed E-state index contributed by atoms with van der Waals surface area (Å²) in [6, 6.07) is 14.5. The van der Waals surface area contributed by atoms with Gasteiger partial charge in [0.05, 0.1) is 18.0 Å². The van der Waals surface area contributed by atoms with E-state index in [-0.39, 0.29) is 0 Å². The molecule has 0 aliphatic carbocycles. The average Bonchev–Trinajstić information content (AvgIpc) is 2.87. The van der Waals surface area contributed by atoms with Crippen LogP contribution in [0.2, 0.25) is 0 Å². The molecule has 0 saturated carbocycles. The number of benzene rings is 2. The summed E-state index contributed by atoms with van der Waals surface area (Å²) in [4.78, 5) is 0. The van der Waals surface area contributed by atoms with Gasteiger partial charge in [0.2, 0.25) is 0 Å². The summed E-state index contributed by atoms with van der Waals surface area (Å²) in [5, 5.41) is 8.84. The monoisotopic (exact) mass is 496 g/mol. The summed E-state index contributed by atoms with van der Waals surface area (Å²) < 4.78 is 6.02. The lowest BCUT2D eigenvalue weighted by Crippen LogP contribution is -1.98. The number of rotatable bonds is 20. The SMILES string of the molecule is CCCCCCc1ccc(N=Nc2ccc(OCCCCCCCCCCCCS)c(C)c2)cc1. The Hall–Kier alpha value is -1.81. The molecule has 0 unspecified atom stereocenters. The largest absolute Gasteiger partial charge is 0.493 e. The van der Waals surface area contributed by atoms with Gasteiger partial charge in [-0.1, -0.05) is 89.7 Å². The highest BCUT2D eigenvalue weighted by molar-refractivity contribution is 7.80. The molecule has 0 radical (unpaired) electrons. The van der Waals surface area contributed by atoms with Crippen LogP contribution in [0.4, 0.5) is 11.4 Å². The van der Waals surface area contributed by atoms with Gasteiger partial charge in [0, 0.05) is 0 Å². The lowest BCUT2D eigenvalue weighted by Gasteiger charge is -2.09. The molecule has 2 aromatic carbocycles. The van der Waals surface area contributed by atoms with Crippen molar-refractivity contribution in [2.45, 2.75) is 110 Å². The zero-order valence-electron chi connectivity index (χ0n) is 22.3. The highest BCUT2D eigenvalue weighted by Crippen LogP contribution is 2.26. The molecule has 0 atom stereocenters. The number of hydrogen-bond acceptors (Lipinski definition) is 4. The van der Waals surface area contributed by atoms with E-state index in [1.807, 2.05) is 12.1 Å². The molecule has 0 N–H and O–H groups in total. The summed E-state index contributed by atoms with van der Waals surface area (Å²) in [6.45, 7) is 5.12. The lowest BCUT2D eigenvalue weighted by atomic mass is 10.1. The average molecular weight is 497 g/mol. The number of aryl methyl sites for hydroxylation is 2. The highest BCUT2D eigenvalue weighted by atomic mass is 32.1. The number of unbranched alkanes of at least 4 members (excludes halogenated alkanes) is 12. The van der Waals surface area contributed by atoms with Crippen molar-refractivity contribution in [2.75, 3.05) is 12.4 Å². The Morgan fingerprint density at radius 3 is 1.86 bits per heavy atom. The van der Waals surface area contributed by atoms with E-state index in [0.717, 1.165) is 47.9 Å². The van der Waals surface area contributed by atoms with E-state index in [1.165, 1.54) is 89.0 Å². The molecule has 0 spiro atoms. The Kier molecular flexibility index (Phi) is 16.3. The number of thiol groups is 1. The number of hydrogen-bond donors (Lipinski definition) is 1. The van der Waals surface area contributed by atoms with Crippen molar-refractivity contribution < 1.29 is 4.74 Å². The van der Waals surface area contributed by atoms with Crippen LogP contribution in [-0.2, 0) is 6.42 Å². The fraction of sp³-hybridized carbons (Fsp3) is 0.613. The molecule has 0 amide bonds. The number of azo groups is 1. The van der Waals surface area contributed by atoms with E-state index in [1.54, 1.807) is 0 Å². The molecule has 0 saturated heterocycles. The summed E-state index contributed by atoms with van der Waals surface area (Å²) in [5.74, 6) is 1.99. The van der Waals surface area contributed by atoms with Gasteiger partial charge in [0.1, 0.15) is 5.75 Å². The Balaban J connectivity index is 1.61. The zero-order chi connectivity index (χ0) is 25.0. The molecule has 4 heteroatoms. The van der Waals surface area contributed by atoms with Gasteiger partial charge in [-0.2, -0.15) is 22.9 Å². The van der Waals surface area contributed by atoms with Crippen molar-refractivity contribution in [3.63, 3.8) is 0 Å². The molecule has 0 aliphatic heterocycles. The third-order valence-corrected chi connectivity index (χ3v) is 6.82. The molecule has 0 aliphatic rings. The van der Waals surface area contributed by atoms with Crippen molar-refractivity contribution in [1.29, 1.82) is 0 Å². The topological polar surface area (TPSA) is 34.0 Å². The van der Waals surface area contributed by atoms with Crippen LogP contribution in [0.1, 0.15) is 108 Å². The molecule has 3 nitrogen and oxygen atoms in total. The predicted molar refractivity (Wildman–Crippen MR) is 155 cm³/mol. The molecule has 2 aromatic rings. The van der Waals surface area contributed by atoms with E-state index in [9.17, 15) is 0 Å². The van der Waals surface area contributed by atoms with E-state index in [2.05, 4.69) is 67.0 Å². The molecule has 35 heavy (non-hydrogen) atoms. The molecular weight excluding hydrogens is 448 g/mol. The summed E-state index contributed by atoms with van der Waals surface area (Å²) in [7, 11) is 0. The van der Waals surface area contributed by atoms with Gasteiger partial charge in [-0.3, -0.25) is 0 Å². The maximum atomic E-state index is 6.02. The van der Waals surface area contributed by atoms with Crippen molar-refractivity contribution >= 4 is 24.0 Å². The van der Waals surface area contributed by atoms with Crippen LogP contribution in [0.3, 0.4) is 0 Å². The fourth-order valence-electron chi connectivity index (χ4n) is 4.27. The summed E-state index contributed by atoms with van der Waals surface area (Å²) >= 11 is 4.27. The van der Waals surface area contributed by atoms with Crippen LogP contribution in [0.25, 0.3) is 0 Å². The van der Waals surface area contributed by atoms with Gasteiger partial charge in [0.15, 0.2) is 0 Å². The second-order valence-corrected chi connectivity index (χ2v) is 10.2. The molecule has 194 valence electrons. The molecule has 0 fully saturated rings.